The molecular formula is C16H22N2. The summed E-state index contributed by atoms with van der Waals surface area (Å²) in [5, 5.41) is 12.6. The first-order chi connectivity index (χ1) is 8.78. The van der Waals surface area contributed by atoms with E-state index < -0.39 is 0 Å². The highest BCUT2D eigenvalue weighted by molar-refractivity contribution is 5.47. The summed E-state index contributed by atoms with van der Waals surface area (Å²) in [4.78, 5) is 0. The lowest BCUT2D eigenvalue weighted by atomic mass is 9.85. The third-order valence-corrected chi connectivity index (χ3v) is 3.81. The lowest BCUT2D eigenvalue weighted by molar-refractivity contribution is 0.335. The van der Waals surface area contributed by atoms with Crippen LogP contribution in [0.3, 0.4) is 0 Å². The zero-order valence-electron chi connectivity index (χ0n) is 11.2. The molecule has 1 atom stereocenters. The van der Waals surface area contributed by atoms with Gasteiger partial charge in [0.1, 0.15) is 6.04 Å². The second-order valence-corrected chi connectivity index (χ2v) is 5.44. The van der Waals surface area contributed by atoms with Gasteiger partial charge in [0, 0.05) is 5.69 Å². The summed E-state index contributed by atoms with van der Waals surface area (Å²) in [6.07, 6.45) is 7.64. The topological polar surface area (TPSA) is 35.8 Å². The van der Waals surface area contributed by atoms with Crippen molar-refractivity contribution in [1.29, 1.82) is 5.26 Å². The van der Waals surface area contributed by atoms with Crippen LogP contribution in [0.1, 0.15) is 44.1 Å². The average Bonchev–Trinajstić information content (AvgIpc) is 2.39. The van der Waals surface area contributed by atoms with Gasteiger partial charge >= 0.3 is 0 Å². The molecule has 18 heavy (non-hydrogen) atoms. The molecule has 0 amide bonds. The van der Waals surface area contributed by atoms with Gasteiger partial charge in [-0.2, -0.15) is 5.26 Å². The Balaban J connectivity index is 1.91. The van der Waals surface area contributed by atoms with Crippen LogP contribution in [0.4, 0.5) is 5.69 Å². The minimum absolute atomic E-state index is 0.0464. The Bertz CT molecular complexity index is 413. The molecule has 1 aliphatic carbocycles. The van der Waals surface area contributed by atoms with Gasteiger partial charge in [0.15, 0.2) is 0 Å². The minimum atomic E-state index is -0.0464. The van der Waals surface area contributed by atoms with E-state index in [0.29, 0.717) is 0 Å². The number of aryl methyl sites for hydroxylation is 1. The maximum atomic E-state index is 9.27. The van der Waals surface area contributed by atoms with Crippen molar-refractivity contribution < 1.29 is 0 Å². The summed E-state index contributed by atoms with van der Waals surface area (Å²) in [7, 11) is 0. The zero-order valence-corrected chi connectivity index (χ0v) is 11.2. The standard InChI is InChI=1S/C16H22N2/c1-13-6-5-9-15(10-13)18-16(12-17)11-14-7-3-2-4-8-14/h5-6,9-10,14,16,18H,2-4,7-8,11H2,1H3. The van der Waals surface area contributed by atoms with E-state index in [9.17, 15) is 5.26 Å². The molecule has 1 unspecified atom stereocenters. The van der Waals surface area contributed by atoms with Gasteiger partial charge in [-0.25, -0.2) is 0 Å². The first kappa shape index (κ1) is 13.0. The molecule has 1 N–H and O–H groups in total. The van der Waals surface area contributed by atoms with Crippen LogP contribution in [0, 0.1) is 24.2 Å². The molecule has 96 valence electrons. The molecule has 2 heteroatoms. The Kier molecular flexibility index (Phi) is 4.64. The van der Waals surface area contributed by atoms with Crippen molar-refractivity contribution in [2.75, 3.05) is 5.32 Å². The number of rotatable bonds is 4. The number of hydrogen-bond donors (Lipinski definition) is 1. The van der Waals surface area contributed by atoms with Crippen LogP contribution < -0.4 is 5.32 Å². The summed E-state index contributed by atoms with van der Waals surface area (Å²) in [5.74, 6) is 0.737. The number of nitriles is 1. The van der Waals surface area contributed by atoms with Crippen LogP contribution in [0.25, 0.3) is 0 Å². The molecule has 0 saturated heterocycles. The summed E-state index contributed by atoms with van der Waals surface area (Å²) < 4.78 is 0. The largest absolute Gasteiger partial charge is 0.370 e. The van der Waals surface area contributed by atoms with Gasteiger partial charge < -0.3 is 5.32 Å². The van der Waals surface area contributed by atoms with Crippen LogP contribution in [-0.2, 0) is 0 Å². The average molecular weight is 242 g/mol. The Morgan fingerprint density at radius 1 is 1.33 bits per heavy atom. The molecule has 0 bridgehead atoms. The fourth-order valence-electron chi connectivity index (χ4n) is 2.84. The zero-order chi connectivity index (χ0) is 12.8. The van der Waals surface area contributed by atoms with Gasteiger partial charge in [-0.3, -0.25) is 0 Å². The van der Waals surface area contributed by atoms with E-state index in [1.54, 1.807) is 0 Å². The highest BCUT2D eigenvalue weighted by Gasteiger charge is 2.18. The number of nitrogens with one attached hydrogen (secondary N) is 1. The minimum Gasteiger partial charge on any atom is -0.370 e. The normalized spacial score (nSPS) is 18.0. The van der Waals surface area contributed by atoms with Crippen molar-refractivity contribution in [2.45, 2.75) is 51.5 Å². The van der Waals surface area contributed by atoms with Crippen molar-refractivity contribution in [2.24, 2.45) is 5.92 Å². The van der Waals surface area contributed by atoms with Gasteiger partial charge in [-0.05, 0) is 37.0 Å². The van der Waals surface area contributed by atoms with Gasteiger partial charge in [0.25, 0.3) is 0 Å². The molecular weight excluding hydrogens is 220 g/mol. The second kappa shape index (κ2) is 6.44. The number of anilines is 1. The molecule has 1 saturated carbocycles. The molecule has 1 aliphatic rings. The second-order valence-electron chi connectivity index (χ2n) is 5.44. The lowest BCUT2D eigenvalue weighted by Gasteiger charge is -2.24. The van der Waals surface area contributed by atoms with E-state index in [0.717, 1.165) is 18.0 Å². The molecule has 2 rings (SSSR count). The molecule has 1 aromatic carbocycles. The Morgan fingerprint density at radius 3 is 2.78 bits per heavy atom. The third-order valence-electron chi connectivity index (χ3n) is 3.81. The fraction of sp³-hybridized carbons (Fsp3) is 0.562. The Morgan fingerprint density at radius 2 is 2.11 bits per heavy atom. The van der Waals surface area contributed by atoms with Crippen molar-refractivity contribution in [3.63, 3.8) is 0 Å². The van der Waals surface area contributed by atoms with Crippen LogP contribution in [-0.4, -0.2) is 6.04 Å². The van der Waals surface area contributed by atoms with Gasteiger partial charge in [0.2, 0.25) is 0 Å². The summed E-state index contributed by atoms with van der Waals surface area (Å²) in [5.41, 5.74) is 2.30. The van der Waals surface area contributed by atoms with Crippen LogP contribution >= 0.6 is 0 Å². The lowest BCUT2D eigenvalue weighted by Crippen LogP contribution is -2.22. The third kappa shape index (κ3) is 3.77. The molecule has 1 aromatic rings. The quantitative estimate of drug-likeness (QED) is 0.855. The van der Waals surface area contributed by atoms with Crippen LogP contribution in [0.5, 0.6) is 0 Å². The first-order valence-corrected chi connectivity index (χ1v) is 7.01. The van der Waals surface area contributed by atoms with Gasteiger partial charge in [-0.1, -0.05) is 44.2 Å². The highest BCUT2D eigenvalue weighted by Crippen LogP contribution is 2.28. The maximum absolute atomic E-state index is 9.27. The summed E-state index contributed by atoms with van der Waals surface area (Å²) in [6, 6.07) is 10.6. The first-order valence-electron chi connectivity index (χ1n) is 7.01. The molecule has 0 spiro atoms. The number of nitrogens with zero attached hydrogens (tertiary/aromatic N) is 1. The van der Waals surface area contributed by atoms with Crippen molar-refractivity contribution >= 4 is 5.69 Å². The number of benzene rings is 1. The SMILES string of the molecule is Cc1cccc(NC(C#N)CC2CCCCC2)c1. The van der Waals surface area contributed by atoms with E-state index in [2.05, 4.69) is 30.4 Å². The van der Waals surface area contributed by atoms with E-state index in [1.807, 2.05) is 12.1 Å². The van der Waals surface area contributed by atoms with Crippen molar-refractivity contribution in [1.82, 2.24) is 0 Å². The van der Waals surface area contributed by atoms with E-state index in [1.165, 1.54) is 37.7 Å². The molecule has 1 fully saturated rings. The van der Waals surface area contributed by atoms with Gasteiger partial charge in [-0.15, -0.1) is 0 Å². The summed E-state index contributed by atoms with van der Waals surface area (Å²) in [6.45, 7) is 2.08. The van der Waals surface area contributed by atoms with E-state index in [-0.39, 0.29) is 6.04 Å². The smallest absolute Gasteiger partial charge is 0.114 e. The Hall–Kier alpha value is -1.49. The van der Waals surface area contributed by atoms with Crippen molar-refractivity contribution in [3.8, 4) is 6.07 Å². The predicted molar refractivity (Wildman–Crippen MR) is 75.4 cm³/mol. The van der Waals surface area contributed by atoms with E-state index >= 15 is 0 Å². The maximum Gasteiger partial charge on any atom is 0.114 e. The molecule has 0 aromatic heterocycles. The molecule has 0 aliphatic heterocycles. The molecule has 2 nitrogen and oxygen atoms in total. The fourth-order valence-corrected chi connectivity index (χ4v) is 2.84. The monoisotopic (exact) mass is 242 g/mol. The predicted octanol–water partition coefficient (Wildman–Crippen LogP) is 4.27. The van der Waals surface area contributed by atoms with E-state index in [4.69, 9.17) is 0 Å². The molecule has 0 heterocycles. The van der Waals surface area contributed by atoms with Crippen molar-refractivity contribution in [3.05, 3.63) is 29.8 Å². The Labute approximate surface area is 110 Å². The summed E-state index contributed by atoms with van der Waals surface area (Å²) >= 11 is 0. The molecule has 0 radical (unpaired) electrons. The van der Waals surface area contributed by atoms with Crippen LogP contribution in [0.15, 0.2) is 24.3 Å². The highest BCUT2D eigenvalue weighted by atomic mass is 14.9. The van der Waals surface area contributed by atoms with Crippen LogP contribution in [0.2, 0.25) is 0 Å². The number of hydrogen-bond acceptors (Lipinski definition) is 2. The van der Waals surface area contributed by atoms with Gasteiger partial charge in [0.05, 0.1) is 6.07 Å².